The molecule has 2 aliphatic rings. The SMILES string of the molecule is CCOC(=S)SC(CC1CC2(CCC1=O)OCCO2)OC(=O)C(C)(C)C. The first kappa shape index (κ1) is 21.6. The maximum atomic E-state index is 12.4. The summed E-state index contributed by atoms with van der Waals surface area (Å²) in [6, 6.07) is 0. The van der Waals surface area contributed by atoms with E-state index in [0.29, 0.717) is 49.9 Å². The fraction of sp³-hybridized carbons (Fsp3) is 0.833. The number of carbonyl (C=O) groups is 2. The maximum Gasteiger partial charge on any atom is 0.312 e. The normalized spacial score (nSPS) is 23.7. The molecule has 1 aliphatic heterocycles. The molecule has 0 bridgehead atoms. The largest absolute Gasteiger partial charge is 0.479 e. The monoisotopic (exact) mass is 404 g/mol. The Morgan fingerprint density at radius 1 is 1.38 bits per heavy atom. The maximum absolute atomic E-state index is 12.4. The highest BCUT2D eigenvalue weighted by atomic mass is 32.2. The van der Waals surface area contributed by atoms with Gasteiger partial charge in [0.05, 0.1) is 25.2 Å². The molecule has 2 fully saturated rings. The number of ether oxygens (including phenoxy) is 4. The smallest absolute Gasteiger partial charge is 0.312 e. The molecule has 148 valence electrons. The third-order valence-corrected chi connectivity index (χ3v) is 5.66. The third-order valence-electron chi connectivity index (χ3n) is 4.40. The van der Waals surface area contributed by atoms with Gasteiger partial charge in [0.15, 0.2) is 11.2 Å². The van der Waals surface area contributed by atoms with Gasteiger partial charge in [-0.25, -0.2) is 0 Å². The van der Waals surface area contributed by atoms with E-state index < -0.39 is 16.6 Å². The number of thiocarbonyl (C=S) groups is 1. The fourth-order valence-corrected chi connectivity index (χ4v) is 4.30. The Hall–Kier alpha value is -0.700. The van der Waals surface area contributed by atoms with Gasteiger partial charge >= 0.3 is 5.97 Å². The van der Waals surface area contributed by atoms with Crippen molar-refractivity contribution >= 4 is 40.1 Å². The minimum Gasteiger partial charge on any atom is -0.479 e. The number of esters is 1. The minimum absolute atomic E-state index is 0.148. The summed E-state index contributed by atoms with van der Waals surface area (Å²) in [6.07, 6.45) is 1.84. The summed E-state index contributed by atoms with van der Waals surface area (Å²) in [7, 11) is 0. The summed E-state index contributed by atoms with van der Waals surface area (Å²) >= 11 is 6.36. The van der Waals surface area contributed by atoms with Gasteiger partial charge in [-0.1, -0.05) is 0 Å². The van der Waals surface area contributed by atoms with E-state index in [1.54, 1.807) is 20.8 Å². The van der Waals surface area contributed by atoms with Crippen LogP contribution in [0, 0.1) is 11.3 Å². The lowest BCUT2D eigenvalue weighted by Crippen LogP contribution is -2.42. The first-order chi connectivity index (χ1) is 12.1. The highest BCUT2D eigenvalue weighted by Crippen LogP contribution is 2.40. The van der Waals surface area contributed by atoms with Crippen LogP contribution in [0.15, 0.2) is 0 Å². The van der Waals surface area contributed by atoms with E-state index in [9.17, 15) is 9.59 Å². The van der Waals surface area contributed by atoms with Crippen LogP contribution in [-0.2, 0) is 28.5 Å². The number of Topliss-reactive ketones (excluding diaryl/α,β-unsaturated/α-hetero) is 1. The van der Waals surface area contributed by atoms with E-state index in [-0.39, 0.29) is 17.7 Å². The molecule has 8 heteroatoms. The van der Waals surface area contributed by atoms with Crippen LogP contribution in [0.25, 0.3) is 0 Å². The summed E-state index contributed by atoms with van der Waals surface area (Å²) in [5.41, 5.74) is -1.21. The third kappa shape index (κ3) is 5.90. The number of hydrogen-bond acceptors (Lipinski definition) is 8. The molecule has 2 atom stereocenters. The van der Waals surface area contributed by atoms with Crippen molar-refractivity contribution < 1.29 is 28.5 Å². The topological polar surface area (TPSA) is 71.1 Å². The highest BCUT2D eigenvalue weighted by molar-refractivity contribution is 8.22. The average Bonchev–Trinajstić information content (AvgIpc) is 2.98. The molecule has 0 aromatic heterocycles. The van der Waals surface area contributed by atoms with Crippen LogP contribution in [0.4, 0.5) is 0 Å². The van der Waals surface area contributed by atoms with Crippen molar-refractivity contribution in [3.05, 3.63) is 0 Å². The second-order valence-electron chi connectivity index (χ2n) is 7.60. The zero-order valence-corrected chi connectivity index (χ0v) is 17.5. The van der Waals surface area contributed by atoms with Crippen molar-refractivity contribution in [1.29, 1.82) is 0 Å². The highest BCUT2D eigenvalue weighted by Gasteiger charge is 2.45. The Morgan fingerprint density at radius 2 is 2.04 bits per heavy atom. The molecule has 0 aromatic carbocycles. The van der Waals surface area contributed by atoms with Gasteiger partial charge in [0.2, 0.25) is 4.38 Å². The standard InChI is InChI=1S/C18H28O6S2/c1-5-21-16(25)26-14(24-15(20)17(2,3)4)10-12-11-18(7-6-13(12)19)22-8-9-23-18/h12,14H,5-11H2,1-4H3. The Labute approximate surface area is 164 Å². The molecule has 1 saturated carbocycles. The number of rotatable bonds is 5. The quantitative estimate of drug-likeness (QED) is 0.392. The molecule has 1 heterocycles. The second-order valence-corrected chi connectivity index (χ2v) is 9.36. The molecule has 0 radical (unpaired) electrons. The lowest BCUT2D eigenvalue weighted by Gasteiger charge is -2.36. The second kappa shape index (κ2) is 8.99. The van der Waals surface area contributed by atoms with Crippen molar-refractivity contribution in [2.24, 2.45) is 11.3 Å². The van der Waals surface area contributed by atoms with Crippen molar-refractivity contribution in [3.63, 3.8) is 0 Å². The Balaban J connectivity index is 2.06. The van der Waals surface area contributed by atoms with E-state index in [1.165, 1.54) is 11.8 Å². The van der Waals surface area contributed by atoms with Crippen LogP contribution in [0.3, 0.4) is 0 Å². The predicted octanol–water partition coefficient (Wildman–Crippen LogP) is 3.46. The average molecular weight is 405 g/mol. The van der Waals surface area contributed by atoms with Gasteiger partial charge in [-0.3, -0.25) is 9.59 Å². The first-order valence-corrected chi connectivity index (χ1v) is 10.3. The molecule has 0 amide bonds. The Kier molecular flexibility index (Phi) is 7.47. The fourth-order valence-electron chi connectivity index (χ4n) is 2.99. The number of ketones is 1. The number of carbonyl (C=O) groups excluding carboxylic acids is 2. The van der Waals surface area contributed by atoms with Crippen molar-refractivity contribution in [2.45, 2.75) is 64.6 Å². The van der Waals surface area contributed by atoms with Gasteiger partial charge in [-0.2, -0.15) is 0 Å². The van der Waals surface area contributed by atoms with Gasteiger partial charge in [0, 0.05) is 31.6 Å². The molecular formula is C18H28O6S2. The molecule has 1 saturated heterocycles. The van der Waals surface area contributed by atoms with E-state index in [1.807, 2.05) is 6.92 Å². The molecule has 2 rings (SSSR count). The van der Waals surface area contributed by atoms with Gasteiger partial charge in [-0.05, 0) is 51.7 Å². The van der Waals surface area contributed by atoms with E-state index in [2.05, 4.69) is 0 Å². The Morgan fingerprint density at radius 3 is 2.62 bits per heavy atom. The minimum atomic E-state index is -0.664. The molecule has 2 unspecified atom stereocenters. The molecule has 0 N–H and O–H groups in total. The van der Waals surface area contributed by atoms with Crippen LogP contribution in [0.1, 0.15) is 53.4 Å². The van der Waals surface area contributed by atoms with Crippen molar-refractivity contribution in [1.82, 2.24) is 0 Å². The molecular weight excluding hydrogens is 376 g/mol. The molecule has 0 aromatic rings. The molecule has 1 aliphatic carbocycles. The van der Waals surface area contributed by atoms with Gasteiger partial charge < -0.3 is 18.9 Å². The van der Waals surface area contributed by atoms with Crippen molar-refractivity contribution in [2.75, 3.05) is 19.8 Å². The number of hydrogen-bond donors (Lipinski definition) is 0. The van der Waals surface area contributed by atoms with Gasteiger partial charge in [0.1, 0.15) is 5.78 Å². The van der Waals surface area contributed by atoms with E-state index in [0.717, 1.165) is 0 Å². The summed E-state index contributed by atoms with van der Waals surface area (Å²) in [6.45, 7) is 8.75. The zero-order valence-electron chi connectivity index (χ0n) is 15.9. The van der Waals surface area contributed by atoms with E-state index in [4.69, 9.17) is 31.2 Å². The summed E-state index contributed by atoms with van der Waals surface area (Å²) in [5, 5.41) is 0. The van der Waals surface area contributed by atoms with Gasteiger partial charge in [0.25, 0.3) is 0 Å². The molecule has 6 nitrogen and oxygen atoms in total. The molecule has 26 heavy (non-hydrogen) atoms. The lowest BCUT2D eigenvalue weighted by molar-refractivity contribution is -0.190. The van der Waals surface area contributed by atoms with Crippen LogP contribution < -0.4 is 0 Å². The number of thioether (sulfide) groups is 1. The summed E-state index contributed by atoms with van der Waals surface area (Å²) in [5.74, 6) is -1.14. The van der Waals surface area contributed by atoms with Crippen LogP contribution in [0.5, 0.6) is 0 Å². The van der Waals surface area contributed by atoms with Crippen LogP contribution >= 0.6 is 24.0 Å². The summed E-state index contributed by atoms with van der Waals surface area (Å²) < 4.78 is 22.8. The Bertz CT molecular complexity index is 536. The van der Waals surface area contributed by atoms with Crippen molar-refractivity contribution in [3.8, 4) is 0 Å². The predicted molar refractivity (Wildman–Crippen MR) is 103 cm³/mol. The van der Waals surface area contributed by atoms with Gasteiger partial charge in [-0.15, -0.1) is 0 Å². The summed E-state index contributed by atoms with van der Waals surface area (Å²) in [4.78, 5) is 24.8. The van der Waals surface area contributed by atoms with Crippen LogP contribution in [-0.4, -0.2) is 47.2 Å². The van der Waals surface area contributed by atoms with E-state index >= 15 is 0 Å². The lowest BCUT2D eigenvalue weighted by atomic mass is 9.82. The van der Waals surface area contributed by atoms with Crippen LogP contribution in [0.2, 0.25) is 0 Å². The first-order valence-electron chi connectivity index (χ1n) is 9.00. The molecule has 1 spiro atoms. The zero-order chi connectivity index (χ0) is 19.4.